The molecule has 0 fully saturated rings. The summed E-state index contributed by atoms with van der Waals surface area (Å²) in [5, 5.41) is 2.89. The lowest BCUT2D eigenvalue weighted by molar-refractivity contribution is 0.102. The van der Waals surface area contributed by atoms with Crippen molar-refractivity contribution in [2.75, 3.05) is 18.5 Å². The van der Waals surface area contributed by atoms with Gasteiger partial charge in [0.05, 0.1) is 18.8 Å². The summed E-state index contributed by atoms with van der Waals surface area (Å²) in [7, 11) is 0. The Balaban J connectivity index is 1.55. The zero-order valence-electron chi connectivity index (χ0n) is 15.4. The van der Waals surface area contributed by atoms with Gasteiger partial charge in [0.25, 0.3) is 5.91 Å². The molecule has 3 aromatic rings. The smallest absolute Gasteiger partial charge is 0.259 e. The van der Waals surface area contributed by atoms with E-state index in [1.807, 2.05) is 61.5 Å². The minimum absolute atomic E-state index is 0.197. The number of hydrogen-bond acceptors (Lipinski definition) is 3. The Morgan fingerprint density at radius 2 is 1.56 bits per heavy atom. The molecule has 0 spiro atoms. The van der Waals surface area contributed by atoms with Crippen LogP contribution in [-0.4, -0.2) is 19.1 Å². The standard InChI is InChI=1S/C23H23NO3/c1-2-26-22-11-7-6-10-21(22)23(25)24-19-12-14-20(15-13-19)27-17-16-18-8-4-3-5-9-18/h3-15H,2,16-17H2,1H3,(H,24,25). The van der Waals surface area contributed by atoms with Crippen LogP contribution in [0.2, 0.25) is 0 Å². The predicted molar refractivity (Wildman–Crippen MR) is 108 cm³/mol. The highest BCUT2D eigenvalue weighted by Crippen LogP contribution is 2.21. The molecule has 0 saturated carbocycles. The number of carbonyl (C=O) groups is 1. The average Bonchev–Trinajstić information content (AvgIpc) is 2.71. The molecule has 0 aromatic heterocycles. The third kappa shape index (κ3) is 5.35. The minimum Gasteiger partial charge on any atom is -0.493 e. The van der Waals surface area contributed by atoms with Crippen molar-refractivity contribution in [3.8, 4) is 11.5 Å². The largest absolute Gasteiger partial charge is 0.493 e. The third-order valence-electron chi connectivity index (χ3n) is 4.05. The highest BCUT2D eigenvalue weighted by molar-refractivity contribution is 6.06. The Kier molecular flexibility index (Phi) is 6.47. The maximum atomic E-state index is 12.5. The van der Waals surface area contributed by atoms with E-state index in [1.54, 1.807) is 12.1 Å². The van der Waals surface area contributed by atoms with Gasteiger partial charge in [-0.3, -0.25) is 4.79 Å². The van der Waals surface area contributed by atoms with Gasteiger partial charge in [-0.05, 0) is 48.9 Å². The van der Waals surface area contributed by atoms with Crippen molar-refractivity contribution >= 4 is 11.6 Å². The molecule has 1 N–H and O–H groups in total. The van der Waals surface area contributed by atoms with E-state index in [2.05, 4.69) is 17.4 Å². The van der Waals surface area contributed by atoms with E-state index in [0.29, 0.717) is 30.2 Å². The van der Waals surface area contributed by atoms with Crippen LogP contribution in [0.5, 0.6) is 11.5 Å². The van der Waals surface area contributed by atoms with Gasteiger partial charge in [-0.15, -0.1) is 0 Å². The molecule has 0 saturated heterocycles. The van der Waals surface area contributed by atoms with Crippen LogP contribution in [0.3, 0.4) is 0 Å². The first-order chi connectivity index (χ1) is 13.3. The van der Waals surface area contributed by atoms with Crippen molar-refractivity contribution < 1.29 is 14.3 Å². The molecule has 3 aromatic carbocycles. The Labute approximate surface area is 159 Å². The molecule has 0 unspecified atom stereocenters. The molecule has 1 amide bonds. The van der Waals surface area contributed by atoms with Crippen LogP contribution in [0.1, 0.15) is 22.8 Å². The van der Waals surface area contributed by atoms with E-state index in [-0.39, 0.29) is 5.91 Å². The normalized spacial score (nSPS) is 10.3. The molecule has 4 heteroatoms. The Hall–Kier alpha value is -3.27. The lowest BCUT2D eigenvalue weighted by Gasteiger charge is -2.11. The van der Waals surface area contributed by atoms with Crippen LogP contribution in [0.25, 0.3) is 0 Å². The Morgan fingerprint density at radius 1 is 0.852 bits per heavy atom. The first-order valence-electron chi connectivity index (χ1n) is 9.06. The van der Waals surface area contributed by atoms with Gasteiger partial charge < -0.3 is 14.8 Å². The summed E-state index contributed by atoms with van der Waals surface area (Å²) in [6, 6.07) is 24.8. The summed E-state index contributed by atoms with van der Waals surface area (Å²) >= 11 is 0. The van der Waals surface area contributed by atoms with E-state index in [9.17, 15) is 4.79 Å². The molecule has 0 aliphatic carbocycles. The monoisotopic (exact) mass is 361 g/mol. The molecule has 0 atom stereocenters. The van der Waals surface area contributed by atoms with E-state index in [4.69, 9.17) is 9.47 Å². The van der Waals surface area contributed by atoms with Crippen LogP contribution >= 0.6 is 0 Å². The van der Waals surface area contributed by atoms with Crippen LogP contribution < -0.4 is 14.8 Å². The molecular weight excluding hydrogens is 338 g/mol. The van der Waals surface area contributed by atoms with Gasteiger partial charge >= 0.3 is 0 Å². The summed E-state index contributed by atoms with van der Waals surface area (Å²) in [6.07, 6.45) is 0.855. The fourth-order valence-electron chi connectivity index (χ4n) is 2.70. The molecule has 138 valence electrons. The van der Waals surface area contributed by atoms with Crippen molar-refractivity contribution in [1.82, 2.24) is 0 Å². The van der Waals surface area contributed by atoms with Gasteiger partial charge in [0.2, 0.25) is 0 Å². The first kappa shape index (κ1) is 18.5. The molecule has 0 aliphatic heterocycles. The second kappa shape index (κ2) is 9.43. The molecule has 0 bridgehead atoms. The zero-order valence-corrected chi connectivity index (χ0v) is 15.4. The van der Waals surface area contributed by atoms with E-state index in [0.717, 1.165) is 12.2 Å². The van der Waals surface area contributed by atoms with Crippen molar-refractivity contribution in [1.29, 1.82) is 0 Å². The average molecular weight is 361 g/mol. The molecule has 3 rings (SSSR count). The quantitative estimate of drug-likeness (QED) is 0.617. The van der Waals surface area contributed by atoms with Gasteiger partial charge in [0.1, 0.15) is 11.5 Å². The SMILES string of the molecule is CCOc1ccccc1C(=O)Nc1ccc(OCCc2ccccc2)cc1. The summed E-state index contributed by atoms with van der Waals surface area (Å²) < 4.78 is 11.3. The molecule has 0 aliphatic rings. The summed E-state index contributed by atoms with van der Waals surface area (Å²) in [5.74, 6) is 1.16. The van der Waals surface area contributed by atoms with Crippen molar-refractivity contribution in [2.24, 2.45) is 0 Å². The van der Waals surface area contributed by atoms with Gasteiger partial charge in [0, 0.05) is 12.1 Å². The zero-order chi connectivity index (χ0) is 18.9. The van der Waals surface area contributed by atoms with Crippen LogP contribution in [0.15, 0.2) is 78.9 Å². The van der Waals surface area contributed by atoms with E-state index in [1.165, 1.54) is 5.56 Å². The Bertz CT molecular complexity index is 860. The third-order valence-corrected chi connectivity index (χ3v) is 4.05. The molecule has 4 nitrogen and oxygen atoms in total. The first-order valence-corrected chi connectivity index (χ1v) is 9.06. The van der Waals surface area contributed by atoms with Crippen LogP contribution in [-0.2, 0) is 6.42 Å². The maximum absolute atomic E-state index is 12.5. The number of rotatable bonds is 8. The molecule has 27 heavy (non-hydrogen) atoms. The van der Waals surface area contributed by atoms with Crippen LogP contribution in [0.4, 0.5) is 5.69 Å². The number of anilines is 1. The maximum Gasteiger partial charge on any atom is 0.259 e. The van der Waals surface area contributed by atoms with Gasteiger partial charge in [-0.25, -0.2) is 0 Å². The topological polar surface area (TPSA) is 47.6 Å². The molecule has 0 heterocycles. The van der Waals surface area contributed by atoms with Crippen molar-refractivity contribution in [3.05, 3.63) is 90.0 Å². The highest BCUT2D eigenvalue weighted by atomic mass is 16.5. The number of carbonyl (C=O) groups excluding carboxylic acids is 1. The summed E-state index contributed by atoms with van der Waals surface area (Å²) in [5.41, 5.74) is 2.47. The number of nitrogens with one attached hydrogen (secondary N) is 1. The van der Waals surface area contributed by atoms with E-state index < -0.39 is 0 Å². The second-order valence-electron chi connectivity index (χ2n) is 5.99. The van der Waals surface area contributed by atoms with Crippen molar-refractivity contribution in [2.45, 2.75) is 13.3 Å². The number of hydrogen-bond donors (Lipinski definition) is 1. The van der Waals surface area contributed by atoms with Gasteiger partial charge in [0.15, 0.2) is 0 Å². The second-order valence-corrected chi connectivity index (χ2v) is 5.99. The van der Waals surface area contributed by atoms with Gasteiger partial charge in [-0.1, -0.05) is 42.5 Å². The predicted octanol–water partition coefficient (Wildman–Crippen LogP) is 4.96. The number of amides is 1. The molecule has 0 radical (unpaired) electrons. The van der Waals surface area contributed by atoms with Gasteiger partial charge in [-0.2, -0.15) is 0 Å². The number of para-hydroxylation sites is 1. The minimum atomic E-state index is -0.197. The summed E-state index contributed by atoms with van der Waals surface area (Å²) in [4.78, 5) is 12.5. The lowest BCUT2D eigenvalue weighted by atomic mass is 10.1. The fourth-order valence-corrected chi connectivity index (χ4v) is 2.70. The number of ether oxygens (including phenoxy) is 2. The van der Waals surface area contributed by atoms with Crippen LogP contribution in [0, 0.1) is 0 Å². The van der Waals surface area contributed by atoms with E-state index >= 15 is 0 Å². The lowest BCUT2D eigenvalue weighted by Crippen LogP contribution is -2.13. The van der Waals surface area contributed by atoms with Crippen molar-refractivity contribution in [3.63, 3.8) is 0 Å². The highest BCUT2D eigenvalue weighted by Gasteiger charge is 2.12. The summed E-state index contributed by atoms with van der Waals surface area (Å²) in [6.45, 7) is 3.02. The Morgan fingerprint density at radius 3 is 2.30 bits per heavy atom. The molecular formula is C23H23NO3. The number of benzene rings is 3. The fraction of sp³-hybridized carbons (Fsp3) is 0.174.